The Bertz CT molecular complexity index is 1110. The standard InChI is InChI=1S/C21H26FN5O4/c1-4-16(28)23-24-21(30)14-10-27-12(2)11-31-20-17(27)13(19(14)29)9-15(22)18(20)26-7-5-25(3)6-8-26/h9-10,12H,4-8,11H2,1-3H3,(H,23,28)(H,24,30). The molecular formula is C21H26FN5O4. The highest BCUT2D eigenvalue weighted by Crippen LogP contribution is 2.42. The average molecular weight is 431 g/mol. The van der Waals surface area contributed by atoms with Gasteiger partial charge in [0.15, 0.2) is 11.6 Å². The van der Waals surface area contributed by atoms with Gasteiger partial charge in [-0.05, 0) is 20.0 Å². The summed E-state index contributed by atoms with van der Waals surface area (Å²) < 4.78 is 23.0. The van der Waals surface area contributed by atoms with E-state index in [1.807, 2.05) is 18.9 Å². The van der Waals surface area contributed by atoms with E-state index < -0.39 is 17.2 Å². The minimum Gasteiger partial charge on any atom is -0.487 e. The van der Waals surface area contributed by atoms with Gasteiger partial charge < -0.3 is 19.1 Å². The number of likely N-dealkylation sites (N-methyl/N-ethyl adjacent to an activating group) is 1. The second kappa shape index (κ2) is 8.18. The predicted octanol–water partition coefficient (Wildman–Crippen LogP) is 1.02. The number of pyridine rings is 1. The van der Waals surface area contributed by atoms with Crippen LogP contribution in [0, 0.1) is 5.82 Å². The Morgan fingerprint density at radius 1 is 1.23 bits per heavy atom. The summed E-state index contributed by atoms with van der Waals surface area (Å²) in [6.45, 7) is 6.69. The van der Waals surface area contributed by atoms with E-state index in [-0.39, 0.29) is 35.9 Å². The molecule has 0 bridgehead atoms. The summed E-state index contributed by atoms with van der Waals surface area (Å²) in [4.78, 5) is 41.2. The second-order valence-electron chi connectivity index (χ2n) is 8.02. The molecule has 2 aromatic rings. The number of nitrogens with zero attached hydrogens (tertiary/aromatic N) is 3. The molecule has 1 unspecified atom stereocenters. The molecule has 0 radical (unpaired) electrons. The van der Waals surface area contributed by atoms with Crippen LogP contribution in [0.4, 0.5) is 10.1 Å². The van der Waals surface area contributed by atoms with E-state index in [1.54, 1.807) is 11.5 Å². The van der Waals surface area contributed by atoms with Gasteiger partial charge in [0, 0.05) is 38.8 Å². The number of hydrazine groups is 1. The van der Waals surface area contributed by atoms with Crippen LogP contribution in [0.1, 0.15) is 36.7 Å². The van der Waals surface area contributed by atoms with Crippen LogP contribution in [0.5, 0.6) is 5.75 Å². The van der Waals surface area contributed by atoms with E-state index in [1.165, 1.54) is 12.3 Å². The van der Waals surface area contributed by atoms with Gasteiger partial charge in [-0.3, -0.25) is 25.2 Å². The van der Waals surface area contributed by atoms with Crippen molar-refractivity contribution in [3.05, 3.63) is 33.9 Å². The van der Waals surface area contributed by atoms with Crippen LogP contribution in [-0.4, -0.2) is 61.1 Å². The Balaban J connectivity index is 1.84. The predicted molar refractivity (Wildman–Crippen MR) is 114 cm³/mol. The number of anilines is 1. The number of halogens is 1. The quantitative estimate of drug-likeness (QED) is 0.705. The van der Waals surface area contributed by atoms with Gasteiger partial charge >= 0.3 is 0 Å². The second-order valence-corrected chi connectivity index (χ2v) is 8.02. The number of piperazine rings is 1. The van der Waals surface area contributed by atoms with Crippen LogP contribution in [-0.2, 0) is 4.79 Å². The number of benzene rings is 1. The number of ether oxygens (including phenoxy) is 1. The Kier molecular flexibility index (Phi) is 5.57. The number of hydrogen-bond acceptors (Lipinski definition) is 6. The van der Waals surface area contributed by atoms with Gasteiger partial charge in [0.1, 0.15) is 17.9 Å². The first kappa shape index (κ1) is 21.1. The van der Waals surface area contributed by atoms with Crippen molar-refractivity contribution >= 4 is 28.4 Å². The van der Waals surface area contributed by atoms with Crippen molar-refractivity contribution in [1.29, 1.82) is 0 Å². The third kappa shape index (κ3) is 3.71. The molecule has 2 aliphatic heterocycles. The van der Waals surface area contributed by atoms with Gasteiger partial charge in [0.05, 0.1) is 16.9 Å². The number of rotatable bonds is 3. The zero-order valence-electron chi connectivity index (χ0n) is 17.8. The Morgan fingerprint density at radius 2 is 1.94 bits per heavy atom. The van der Waals surface area contributed by atoms with Gasteiger partial charge in [0.2, 0.25) is 11.3 Å². The number of carbonyl (C=O) groups excluding carboxylic acids is 2. The minimum absolute atomic E-state index is 0.0754. The van der Waals surface area contributed by atoms with Crippen LogP contribution in [0.15, 0.2) is 17.1 Å². The summed E-state index contributed by atoms with van der Waals surface area (Å²) in [6, 6.07) is 1.02. The normalized spacial score (nSPS) is 18.6. The molecule has 166 valence electrons. The fourth-order valence-corrected chi connectivity index (χ4v) is 3.98. The Morgan fingerprint density at radius 3 is 2.61 bits per heavy atom. The monoisotopic (exact) mass is 431 g/mol. The number of amides is 2. The zero-order chi connectivity index (χ0) is 22.3. The molecule has 1 fully saturated rings. The molecule has 1 atom stereocenters. The molecule has 9 nitrogen and oxygen atoms in total. The molecule has 10 heteroatoms. The van der Waals surface area contributed by atoms with Crippen LogP contribution < -0.4 is 25.9 Å². The molecule has 2 aliphatic rings. The zero-order valence-corrected chi connectivity index (χ0v) is 17.8. The maximum atomic E-state index is 15.3. The lowest BCUT2D eigenvalue weighted by molar-refractivity contribution is -0.121. The Labute approximate surface area is 178 Å². The first-order valence-electron chi connectivity index (χ1n) is 10.4. The number of nitrogens with one attached hydrogen (secondary N) is 2. The SMILES string of the molecule is CCC(=O)NNC(=O)c1cn2c3c(c(N4CCN(C)CC4)c(F)cc3c1=O)OCC2C. The van der Waals surface area contributed by atoms with Crippen molar-refractivity contribution in [1.82, 2.24) is 20.3 Å². The van der Waals surface area contributed by atoms with Crippen molar-refractivity contribution in [2.75, 3.05) is 44.7 Å². The first-order chi connectivity index (χ1) is 14.8. The molecule has 2 N–H and O–H groups in total. The lowest BCUT2D eigenvalue weighted by Gasteiger charge is -2.37. The van der Waals surface area contributed by atoms with E-state index in [0.717, 1.165) is 13.1 Å². The Hall–Kier alpha value is -3.14. The molecule has 0 saturated carbocycles. The minimum atomic E-state index is -0.749. The molecule has 3 heterocycles. The summed E-state index contributed by atoms with van der Waals surface area (Å²) in [5.41, 5.74) is 4.55. The summed E-state index contributed by atoms with van der Waals surface area (Å²) >= 11 is 0. The molecule has 1 aromatic heterocycles. The largest absolute Gasteiger partial charge is 0.487 e. The molecule has 2 amide bonds. The molecule has 1 saturated heterocycles. The smallest absolute Gasteiger partial charge is 0.275 e. The van der Waals surface area contributed by atoms with Crippen molar-refractivity contribution < 1.29 is 18.7 Å². The average Bonchev–Trinajstić information content (AvgIpc) is 2.76. The van der Waals surface area contributed by atoms with E-state index in [4.69, 9.17) is 4.74 Å². The van der Waals surface area contributed by atoms with E-state index in [0.29, 0.717) is 30.0 Å². The topological polar surface area (TPSA) is 95.9 Å². The fourth-order valence-electron chi connectivity index (χ4n) is 3.98. The maximum absolute atomic E-state index is 15.3. The summed E-state index contributed by atoms with van der Waals surface area (Å²) in [7, 11) is 2.02. The summed E-state index contributed by atoms with van der Waals surface area (Å²) in [6.07, 6.45) is 1.64. The molecule has 0 spiro atoms. The highest BCUT2D eigenvalue weighted by atomic mass is 19.1. The van der Waals surface area contributed by atoms with Crippen molar-refractivity contribution in [2.45, 2.75) is 26.3 Å². The lowest BCUT2D eigenvalue weighted by atomic mass is 10.0. The highest BCUT2D eigenvalue weighted by Gasteiger charge is 2.31. The van der Waals surface area contributed by atoms with Crippen molar-refractivity contribution in [3.8, 4) is 5.75 Å². The third-order valence-electron chi connectivity index (χ3n) is 5.84. The van der Waals surface area contributed by atoms with Gasteiger partial charge in [0.25, 0.3) is 5.91 Å². The molecule has 31 heavy (non-hydrogen) atoms. The van der Waals surface area contributed by atoms with Crippen LogP contribution in [0.2, 0.25) is 0 Å². The number of carbonyl (C=O) groups is 2. The number of aromatic nitrogens is 1. The molecule has 0 aliphatic carbocycles. The van der Waals surface area contributed by atoms with Gasteiger partial charge in [-0.1, -0.05) is 6.92 Å². The van der Waals surface area contributed by atoms with Crippen molar-refractivity contribution in [2.24, 2.45) is 0 Å². The highest BCUT2D eigenvalue weighted by molar-refractivity contribution is 6.00. The first-order valence-corrected chi connectivity index (χ1v) is 10.4. The van der Waals surface area contributed by atoms with E-state index in [9.17, 15) is 14.4 Å². The summed E-state index contributed by atoms with van der Waals surface area (Å²) in [5, 5.41) is 0.0754. The van der Waals surface area contributed by atoms with E-state index in [2.05, 4.69) is 15.8 Å². The fraction of sp³-hybridized carbons (Fsp3) is 0.476. The molecule has 1 aromatic carbocycles. The van der Waals surface area contributed by atoms with Crippen LogP contribution in [0.25, 0.3) is 10.9 Å². The van der Waals surface area contributed by atoms with Crippen molar-refractivity contribution in [3.63, 3.8) is 0 Å². The number of hydrogen-bond donors (Lipinski definition) is 2. The van der Waals surface area contributed by atoms with Gasteiger partial charge in [-0.25, -0.2) is 4.39 Å². The van der Waals surface area contributed by atoms with Crippen LogP contribution >= 0.6 is 0 Å². The molecular weight excluding hydrogens is 405 g/mol. The van der Waals surface area contributed by atoms with Gasteiger partial charge in [-0.2, -0.15) is 0 Å². The third-order valence-corrected chi connectivity index (χ3v) is 5.84. The lowest BCUT2D eigenvalue weighted by Crippen LogP contribution is -2.45. The van der Waals surface area contributed by atoms with Gasteiger partial charge in [-0.15, -0.1) is 0 Å². The molecule has 4 rings (SSSR count). The van der Waals surface area contributed by atoms with E-state index >= 15 is 4.39 Å². The summed E-state index contributed by atoms with van der Waals surface area (Å²) in [5.74, 6) is -1.35. The van der Waals surface area contributed by atoms with Crippen LogP contribution in [0.3, 0.4) is 0 Å². The maximum Gasteiger partial charge on any atom is 0.275 e.